The SMILES string of the molecule is CCCC1(CNC(C)c2ncc(CC)s2)CCNCC1. The van der Waals surface area contributed by atoms with Gasteiger partial charge in [-0.2, -0.15) is 0 Å². The molecule has 1 aliphatic heterocycles. The summed E-state index contributed by atoms with van der Waals surface area (Å²) in [4.78, 5) is 5.95. The molecule has 2 heterocycles. The number of nitrogens with zero attached hydrogens (tertiary/aromatic N) is 1. The summed E-state index contributed by atoms with van der Waals surface area (Å²) in [6.07, 6.45) is 8.36. The molecule has 0 saturated carbocycles. The Hall–Kier alpha value is -0.450. The van der Waals surface area contributed by atoms with Crippen molar-refractivity contribution in [3.63, 3.8) is 0 Å². The number of nitrogens with one attached hydrogen (secondary N) is 2. The standard InChI is InChI=1S/C16H29N3S/c1-4-6-16(7-9-17-10-8-16)12-19-13(3)15-18-11-14(5-2)20-15/h11,13,17,19H,4-10,12H2,1-3H3. The van der Waals surface area contributed by atoms with E-state index in [-0.39, 0.29) is 0 Å². The molecule has 114 valence electrons. The van der Waals surface area contributed by atoms with Gasteiger partial charge in [-0.25, -0.2) is 4.98 Å². The number of hydrogen-bond acceptors (Lipinski definition) is 4. The lowest BCUT2D eigenvalue weighted by molar-refractivity contribution is 0.171. The van der Waals surface area contributed by atoms with E-state index in [0.717, 1.165) is 13.0 Å². The Kier molecular flexibility index (Phi) is 6.00. The Labute approximate surface area is 127 Å². The van der Waals surface area contributed by atoms with E-state index in [1.165, 1.54) is 48.7 Å². The van der Waals surface area contributed by atoms with Crippen LogP contribution in [-0.2, 0) is 6.42 Å². The highest BCUT2D eigenvalue weighted by Gasteiger charge is 2.31. The van der Waals surface area contributed by atoms with Gasteiger partial charge in [0, 0.05) is 17.6 Å². The summed E-state index contributed by atoms with van der Waals surface area (Å²) in [5, 5.41) is 8.48. The maximum atomic E-state index is 4.56. The second-order valence-electron chi connectivity index (χ2n) is 6.12. The third-order valence-corrected chi connectivity index (χ3v) is 5.84. The Morgan fingerprint density at radius 3 is 2.75 bits per heavy atom. The Morgan fingerprint density at radius 1 is 1.40 bits per heavy atom. The first kappa shape index (κ1) is 15.9. The zero-order valence-electron chi connectivity index (χ0n) is 13.2. The number of piperidine rings is 1. The summed E-state index contributed by atoms with van der Waals surface area (Å²) in [5.41, 5.74) is 0.499. The van der Waals surface area contributed by atoms with Crippen molar-refractivity contribution in [3.05, 3.63) is 16.1 Å². The topological polar surface area (TPSA) is 37.0 Å². The first-order valence-electron chi connectivity index (χ1n) is 8.08. The molecule has 1 atom stereocenters. The largest absolute Gasteiger partial charge is 0.317 e. The van der Waals surface area contributed by atoms with E-state index in [1.807, 2.05) is 17.5 Å². The van der Waals surface area contributed by atoms with Gasteiger partial charge in [0.05, 0.1) is 6.04 Å². The minimum Gasteiger partial charge on any atom is -0.317 e. The van der Waals surface area contributed by atoms with E-state index in [4.69, 9.17) is 0 Å². The van der Waals surface area contributed by atoms with Gasteiger partial charge in [-0.15, -0.1) is 11.3 Å². The van der Waals surface area contributed by atoms with E-state index in [9.17, 15) is 0 Å². The van der Waals surface area contributed by atoms with Crippen molar-refractivity contribution in [2.24, 2.45) is 5.41 Å². The molecule has 1 aromatic rings. The highest BCUT2D eigenvalue weighted by atomic mass is 32.1. The van der Waals surface area contributed by atoms with Crippen LogP contribution in [-0.4, -0.2) is 24.6 Å². The molecule has 0 radical (unpaired) electrons. The van der Waals surface area contributed by atoms with Gasteiger partial charge in [-0.3, -0.25) is 0 Å². The van der Waals surface area contributed by atoms with Crippen LogP contribution in [0.15, 0.2) is 6.20 Å². The average Bonchev–Trinajstić information content (AvgIpc) is 2.95. The molecule has 0 amide bonds. The molecule has 1 aromatic heterocycles. The summed E-state index contributed by atoms with van der Waals surface area (Å²) < 4.78 is 0. The fraction of sp³-hybridized carbons (Fsp3) is 0.812. The molecule has 3 nitrogen and oxygen atoms in total. The molecule has 1 fully saturated rings. The van der Waals surface area contributed by atoms with Crippen LogP contribution in [0.5, 0.6) is 0 Å². The van der Waals surface area contributed by atoms with E-state index in [1.54, 1.807) is 0 Å². The summed E-state index contributed by atoms with van der Waals surface area (Å²) in [5.74, 6) is 0. The molecule has 2 rings (SSSR count). The van der Waals surface area contributed by atoms with Crippen LogP contribution in [0.4, 0.5) is 0 Å². The lowest BCUT2D eigenvalue weighted by atomic mass is 9.75. The molecular weight excluding hydrogens is 266 g/mol. The Bertz CT molecular complexity index is 391. The van der Waals surface area contributed by atoms with Gasteiger partial charge in [0.15, 0.2) is 0 Å². The van der Waals surface area contributed by atoms with Crippen LogP contribution in [0.1, 0.15) is 62.4 Å². The molecule has 4 heteroatoms. The molecule has 0 spiro atoms. The minimum absolute atomic E-state index is 0.379. The Balaban J connectivity index is 1.91. The van der Waals surface area contributed by atoms with E-state index in [0.29, 0.717) is 11.5 Å². The number of hydrogen-bond donors (Lipinski definition) is 2. The smallest absolute Gasteiger partial charge is 0.109 e. The molecule has 2 N–H and O–H groups in total. The highest BCUT2D eigenvalue weighted by Crippen LogP contribution is 2.34. The lowest BCUT2D eigenvalue weighted by Gasteiger charge is -2.38. The number of aromatic nitrogens is 1. The predicted octanol–water partition coefficient (Wildman–Crippen LogP) is 3.53. The summed E-state index contributed by atoms with van der Waals surface area (Å²) in [6, 6.07) is 0.379. The zero-order valence-corrected chi connectivity index (χ0v) is 14.0. The predicted molar refractivity (Wildman–Crippen MR) is 87.4 cm³/mol. The van der Waals surface area contributed by atoms with Gasteiger partial charge in [0.2, 0.25) is 0 Å². The van der Waals surface area contributed by atoms with Crippen molar-refractivity contribution in [2.45, 2.75) is 58.9 Å². The number of rotatable bonds is 7. The summed E-state index contributed by atoms with van der Waals surface area (Å²) in [7, 11) is 0. The highest BCUT2D eigenvalue weighted by molar-refractivity contribution is 7.11. The van der Waals surface area contributed by atoms with Crippen molar-refractivity contribution in [3.8, 4) is 0 Å². The van der Waals surface area contributed by atoms with E-state index in [2.05, 4.69) is 36.4 Å². The van der Waals surface area contributed by atoms with E-state index >= 15 is 0 Å². The van der Waals surface area contributed by atoms with Crippen LogP contribution in [0.25, 0.3) is 0 Å². The summed E-state index contributed by atoms with van der Waals surface area (Å²) >= 11 is 1.85. The normalized spacial score (nSPS) is 19.9. The van der Waals surface area contributed by atoms with Crippen LogP contribution in [0.2, 0.25) is 0 Å². The zero-order chi connectivity index (χ0) is 14.4. The van der Waals surface area contributed by atoms with Gasteiger partial charge in [-0.1, -0.05) is 20.3 Å². The van der Waals surface area contributed by atoms with Gasteiger partial charge in [0.1, 0.15) is 5.01 Å². The quantitative estimate of drug-likeness (QED) is 0.808. The van der Waals surface area contributed by atoms with Crippen molar-refractivity contribution >= 4 is 11.3 Å². The van der Waals surface area contributed by atoms with Crippen LogP contribution in [0, 0.1) is 5.41 Å². The molecule has 0 aromatic carbocycles. The van der Waals surface area contributed by atoms with Gasteiger partial charge < -0.3 is 10.6 Å². The van der Waals surface area contributed by atoms with Crippen molar-refractivity contribution in [1.82, 2.24) is 15.6 Å². The van der Waals surface area contributed by atoms with Crippen LogP contribution < -0.4 is 10.6 Å². The second kappa shape index (κ2) is 7.53. The summed E-state index contributed by atoms with van der Waals surface area (Å²) in [6.45, 7) is 10.2. The lowest BCUT2D eigenvalue weighted by Crippen LogP contribution is -2.43. The molecule has 1 aliphatic rings. The van der Waals surface area contributed by atoms with Gasteiger partial charge in [-0.05, 0) is 51.1 Å². The van der Waals surface area contributed by atoms with E-state index < -0.39 is 0 Å². The monoisotopic (exact) mass is 295 g/mol. The Morgan fingerprint density at radius 2 is 2.15 bits per heavy atom. The molecule has 20 heavy (non-hydrogen) atoms. The van der Waals surface area contributed by atoms with Crippen molar-refractivity contribution in [1.29, 1.82) is 0 Å². The average molecular weight is 295 g/mol. The molecule has 1 unspecified atom stereocenters. The first-order chi connectivity index (χ1) is 9.69. The molecule has 1 saturated heterocycles. The fourth-order valence-corrected chi connectivity index (χ4v) is 4.03. The molecular formula is C16H29N3S. The third kappa shape index (κ3) is 4.03. The minimum atomic E-state index is 0.379. The third-order valence-electron chi connectivity index (χ3n) is 4.52. The maximum absolute atomic E-state index is 4.56. The maximum Gasteiger partial charge on any atom is 0.109 e. The number of thiazole rings is 1. The van der Waals surface area contributed by atoms with Crippen molar-refractivity contribution in [2.75, 3.05) is 19.6 Å². The van der Waals surface area contributed by atoms with Crippen LogP contribution >= 0.6 is 11.3 Å². The second-order valence-corrected chi connectivity index (χ2v) is 7.27. The van der Waals surface area contributed by atoms with Gasteiger partial charge in [0.25, 0.3) is 0 Å². The first-order valence-corrected chi connectivity index (χ1v) is 8.89. The fourth-order valence-electron chi connectivity index (χ4n) is 3.15. The molecule has 0 aliphatic carbocycles. The van der Waals surface area contributed by atoms with Gasteiger partial charge >= 0.3 is 0 Å². The molecule has 0 bridgehead atoms. The van der Waals surface area contributed by atoms with Crippen LogP contribution in [0.3, 0.4) is 0 Å². The number of aryl methyl sites for hydroxylation is 1. The van der Waals surface area contributed by atoms with Crippen molar-refractivity contribution < 1.29 is 0 Å².